The molecule has 0 unspecified atom stereocenters. The Morgan fingerprint density at radius 3 is 2.17 bits per heavy atom. The first-order valence-corrected chi connectivity index (χ1v) is 10.6. The molecule has 3 rings (SSSR count). The highest BCUT2D eigenvalue weighted by molar-refractivity contribution is 7.99. The highest BCUT2D eigenvalue weighted by Gasteiger charge is 2.41. The summed E-state index contributed by atoms with van der Waals surface area (Å²) in [5, 5.41) is 2.79. The van der Waals surface area contributed by atoms with Gasteiger partial charge in [-0.05, 0) is 35.4 Å². The molecular weight excluding hydrogens is 388 g/mol. The van der Waals surface area contributed by atoms with Gasteiger partial charge < -0.3 is 19.7 Å². The lowest BCUT2D eigenvalue weighted by atomic mass is 10.1. The maximum absolute atomic E-state index is 12.9. The van der Waals surface area contributed by atoms with Crippen LogP contribution in [0.3, 0.4) is 0 Å². The van der Waals surface area contributed by atoms with Crippen molar-refractivity contribution in [1.29, 1.82) is 0 Å². The first-order chi connectivity index (χ1) is 14.1. The van der Waals surface area contributed by atoms with Gasteiger partial charge in [-0.1, -0.05) is 31.2 Å². The van der Waals surface area contributed by atoms with Gasteiger partial charge in [0.05, 0.1) is 14.2 Å². The number of methoxy groups -OCH3 is 2. The molecule has 1 heterocycles. The van der Waals surface area contributed by atoms with E-state index in [-0.39, 0.29) is 17.2 Å². The first-order valence-electron chi connectivity index (χ1n) is 9.54. The topological polar surface area (TPSA) is 67.9 Å². The van der Waals surface area contributed by atoms with E-state index in [4.69, 9.17) is 9.47 Å². The van der Waals surface area contributed by atoms with Gasteiger partial charge in [-0.2, -0.15) is 0 Å². The van der Waals surface area contributed by atoms with E-state index in [1.807, 2.05) is 55.5 Å². The molecule has 2 aromatic carbocycles. The number of amides is 2. The van der Waals surface area contributed by atoms with Gasteiger partial charge in [0.15, 0.2) is 0 Å². The zero-order valence-electron chi connectivity index (χ0n) is 16.9. The summed E-state index contributed by atoms with van der Waals surface area (Å²) in [4.78, 5) is 27.3. The van der Waals surface area contributed by atoms with E-state index < -0.39 is 6.04 Å². The monoisotopic (exact) mass is 414 g/mol. The summed E-state index contributed by atoms with van der Waals surface area (Å²) in [6.45, 7) is 2.23. The molecule has 1 fully saturated rings. The number of hydrogen-bond donors (Lipinski definition) is 1. The van der Waals surface area contributed by atoms with Crippen molar-refractivity contribution < 1.29 is 19.1 Å². The Morgan fingerprint density at radius 1 is 1.03 bits per heavy atom. The van der Waals surface area contributed by atoms with Crippen molar-refractivity contribution in [3.8, 4) is 11.5 Å². The molecule has 154 valence electrons. The Bertz CT molecular complexity index is 839. The summed E-state index contributed by atoms with van der Waals surface area (Å²) in [6.07, 6.45) is 0.357. The van der Waals surface area contributed by atoms with Crippen molar-refractivity contribution in [2.45, 2.75) is 31.3 Å². The number of benzene rings is 2. The van der Waals surface area contributed by atoms with Gasteiger partial charge in [0.25, 0.3) is 0 Å². The van der Waals surface area contributed by atoms with E-state index in [0.717, 1.165) is 22.6 Å². The second-order valence-electron chi connectivity index (χ2n) is 6.70. The van der Waals surface area contributed by atoms with Crippen LogP contribution >= 0.6 is 11.8 Å². The van der Waals surface area contributed by atoms with Crippen molar-refractivity contribution >= 4 is 23.6 Å². The van der Waals surface area contributed by atoms with Gasteiger partial charge >= 0.3 is 0 Å². The Hall–Kier alpha value is -2.67. The molecule has 7 heteroatoms. The average molecular weight is 415 g/mol. The maximum Gasteiger partial charge on any atom is 0.243 e. The highest BCUT2D eigenvalue weighted by Crippen LogP contribution is 2.42. The molecule has 1 aliphatic heterocycles. The molecular formula is C22H26N2O4S. The molecule has 2 atom stereocenters. The molecule has 6 nitrogen and oxygen atoms in total. The quantitative estimate of drug-likeness (QED) is 0.752. The van der Waals surface area contributed by atoms with E-state index in [9.17, 15) is 9.59 Å². The molecule has 2 aromatic rings. The second-order valence-corrected chi connectivity index (χ2v) is 7.81. The van der Waals surface area contributed by atoms with Crippen LogP contribution in [-0.4, -0.2) is 42.7 Å². The van der Waals surface area contributed by atoms with E-state index in [1.165, 1.54) is 0 Å². The predicted octanol–water partition coefficient (Wildman–Crippen LogP) is 3.37. The van der Waals surface area contributed by atoms with Gasteiger partial charge in [-0.15, -0.1) is 11.8 Å². The molecule has 0 radical (unpaired) electrons. The van der Waals surface area contributed by atoms with Crippen LogP contribution in [-0.2, 0) is 16.1 Å². The Kier molecular flexibility index (Phi) is 7.04. The number of rotatable bonds is 7. The Balaban J connectivity index is 1.71. The van der Waals surface area contributed by atoms with Gasteiger partial charge in [0.1, 0.15) is 22.9 Å². The molecule has 0 spiro atoms. The molecule has 0 aromatic heterocycles. The molecule has 0 aliphatic carbocycles. The summed E-state index contributed by atoms with van der Waals surface area (Å²) in [5.41, 5.74) is 1.97. The highest BCUT2D eigenvalue weighted by atomic mass is 32.2. The lowest BCUT2D eigenvalue weighted by molar-refractivity contribution is -0.139. The predicted molar refractivity (Wildman–Crippen MR) is 114 cm³/mol. The standard InChI is InChI=1S/C22H26N2O4S/c1-4-20(25)24-19(14-29-22(24)16-7-11-18(28-3)12-8-16)21(26)23-13-15-5-9-17(27-2)10-6-15/h5-12,19,22H,4,13-14H2,1-3H3,(H,23,26)/t19-,22+/m1/s1. The smallest absolute Gasteiger partial charge is 0.243 e. The van der Waals surface area contributed by atoms with Crippen LogP contribution in [0.1, 0.15) is 29.8 Å². The van der Waals surface area contributed by atoms with Gasteiger partial charge in [0.2, 0.25) is 11.8 Å². The third-order valence-corrected chi connectivity index (χ3v) is 6.24. The largest absolute Gasteiger partial charge is 0.497 e. The molecule has 0 saturated carbocycles. The summed E-state index contributed by atoms with van der Waals surface area (Å²) in [6, 6.07) is 14.7. The van der Waals surface area contributed by atoms with Crippen molar-refractivity contribution in [2.24, 2.45) is 0 Å². The summed E-state index contributed by atoms with van der Waals surface area (Å²) >= 11 is 1.61. The van der Waals surface area contributed by atoms with Crippen LogP contribution in [0.5, 0.6) is 11.5 Å². The minimum Gasteiger partial charge on any atom is -0.497 e. The van der Waals surface area contributed by atoms with Crippen LogP contribution in [0.15, 0.2) is 48.5 Å². The van der Waals surface area contributed by atoms with Gasteiger partial charge in [0, 0.05) is 18.7 Å². The van der Waals surface area contributed by atoms with E-state index in [0.29, 0.717) is 18.7 Å². The van der Waals surface area contributed by atoms with Crippen LogP contribution in [0.2, 0.25) is 0 Å². The fourth-order valence-corrected chi connectivity index (χ4v) is 4.72. The molecule has 1 aliphatic rings. The van der Waals surface area contributed by atoms with Gasteiger partial charge in [-0.25, -0.2) is 0 Å². The Labute approximate surface area is 175 Å². The summed E-state index contributed by atoms with van der Waals surface area (Å²) in [7, 11) is 3.24. The van der Waals surface area contributed by atoms with Crippen molar-refractivity contribution in [3.05, 3.63) is 59.7 Å². The summed E-state index contributed by atoms with van der Waals surface area (Å²) < 4.78 is 10.4. The number of nitrogens with zero attached hydrogens (tertiary/aromatic N) is 1. The zero-order valence-corrected chi connectivity index (χ0v) is 17.7. The van der Waals surface area contributed by atoms with E-state index in [2.05, 4.69) is 5.32 Å². The maximum atomic E-state index is 12.9. The average Bonchev–Trinajstić information content (AvgIpc) is 3.22. The molecule has 29 heavy (non-hydrogen) atoms. The van der Waals surface area contributed by atoms with Crippen molar-refractivity contribution in [3.63, 3.8) is 0 Å². The number of nitrogens with one attached hydrogen (secondary N) is 1. The fourth-order valence-electron chi connectivity index (χ4n) is 3.27. The first kappa shape index (κ1) is 21.0. The lowest BCUT2D eigenvalue weighted by Crippen LogP contribution is -2.47. The normalized spacial score (nSPS) is 18.4. The van der Waals surface area contributed by atoms with Gasteiger partial charge in [-0.3, -0.25) is 9.59 Å². The number of thioether (sulfide) groups is 1. The lowest BCUT2D eigenvalue weighted by Gasteiger charge is -2.29. The zero-order chi connectivity index (χ0) is 20.8. The van der Waals surface area contributed by atoms with Crippen LogP contribution < -0.4 is 14.8 Å². The van der Waals surface area contributed by atoms with Crippen LogP contribution in [0, 0.1) is 0 Å². The minimum atomic E-state index is -0.488. The van der Waals surface area contributed by atoms with E-state index in [1.54, 1.807) is 30.9 Å². The third kappa shape index (κ3) is 4.85. The molecule has 0 bridgehead atoms. The summed E-state index contributed by atoms with van der Waals surface area (Å²) in [5.74, 6) is 1.94. The fraction of sp³-hybridized carbons (Fsp3) is 0.364. The van der Waals surface area contributed by atoms with Crippen molar-refractivity contribution in [1.82, 2.24) is 10.2 Å². The Morgan fingerprint density at radius 2 is 1.62 bits per heavy atom. The molecule has 1 N–H and O–H groups in total. The van der Waals surface area contributed by atoms with Crippen LogP contribution in [0.4, 0.5) is 0 Å². The second kappa shape index (κ2) is 9.69. The number of hydrogen-bond acceptors (Lipinski definition) is 5. The third-order valence-electron chi connectivity index (χ3n) is 4.92. The van der Waals surface area contributed by atoms with Crippen LogP contribution in [0.25, 0.3) is 0 Å². The number of carbonyl (C=O) groups excluding carboxylic acids is 2. The van der Waals surface area contributed by atoms with E-state index >= 15 is 0 Å². The number of carbonyl (C=O) groups is 2. The minimum absolute atomic E-state index is 0.0274. The number of ether oxygens (including phenoxy) is 2. The SMILES string of the molecule is CCC(=O)N1[C@@H](C(=O)NCc2ccc(OC)cc2)CS[C@H]1c1ccc(OC)cc1. The molecule has 2 amide bonds. The van der Waals surface area contributed by atoms with Crippen molar-refractivity contribution in [2.75, 3.05) is 20.0 Å². The molecule has 1 saturated heterocycles.